The fraction of sp³-hybridized carbons (Fsp3) is 0.400. The smallest absolute Gasteiger partial charge is 0.290 e. The molecule has 1 aliphatic heterocycles. The molecule has 2 aromatic carbocycles. The summed E-state index contributed by atoms with van der Waals surface area (Å²) < 4.78 is 28.2. The second-order valence-corrected chi connectivity index (χ2v) is 7.91. The van der Waals surface area contributed by atoms with Crippen molar-refractivity contribution >= 4 is 16.9 Å². The van der Waals surface area contributed by atoms with Gasteiger partial charge in [0.1, 0.15) is 5.58 Å². The van der Waals surface area contributed by atoms with E-state index >= 15 is 0 Å². The Morgan fingerprint density at radius 1 is 1.09 bits per heavy atom. The number of methoxy groups -OCH3 is 3. The minimum Gasteiger partial charge on any atom is -0.493 e. The number of hydrogen-bond donors (Lipinski definition) is 0. The summed E-state index contributed by atoms with van der Waals surface area (Å²) in [5.74, 6) is 1.81. The van der Waals surface area contributed by atoms with Crippen LogP contribution in [0.2, 0.25) is 0 Å². The second kappa shape index (κ2) is 9.53. The molecule has 1 amide bonds. The van der Waals surface area contributed by atoms with Crippen molar-refractivity contribution in [2.24, 2.45) is 0 Å². The number of fused-ring (bicyclic) bond motifs is 1. The lowest BCUT2D eigenvalue weighted by Crippen LogP contribution is -2.37. The van der Waals surface area contributed by atoms with Gasteiger partial charge in [-0.3, -0.25) is 4.79 Å². The average molecular weight is 440 g/mol. The number of amides is 1. The van der Waals surface area contributed by atoms with Gasteiger partial charge in [0, 0.05) is 30.6 Å². The van der Waals surface area contributed by atoms with Crippen LogP contribution in [0, 0.1) is 6.92 Å². The van der Waals surface area contributed by atoms with Gasteiger partial charge in [-0.1, -0.05) is 18.2 Å². The highest BCUT2D eigenvalue weighted by Gasteiger charge is 2.28. The lowest BCUT2D eigenvalue weighted by atomic mass is 10.1. The zero-order valence-corrected chi connectivity index (χ0v) is 19.0. The fourth-order valence-corrected chi connectivity index (χ4v) is 4.22. The predicted molar refractivity (Wildman–Crippen MR) is 121 cm³/mol. The number of furan rings is 1. The molecule has 2 heterocycles. The molecule has 0 N–H and O–H groups in total. The molecule has 1 aliphatic rings. The molecule has 0 aliphatic carbocycles. The number of para-hydroxylation sites is 1. The number of hydrogen-bond acceptors (Lipinski definition) is 6. The summed E-state index contributed by atoms with van der Waals surface area (Å²) in [6, 6.07) is 11.4. The number of aryl methyl sites for hydroxylation is 1. The molecule has 1 atom stereocenters. The molecule has 0 radical (unpaired) electrons. The van der Waals surface area contributed by atoms with Gasteiger partial charge in [-0.15, -0.1) is 0 Å². The van der Waals surface area contributed by atoms with E-state index in [9.17, 15) is 4.79 Å². The van der Waals surface area contributed by atoms with Crippen molar-refractivity contribution < 1.29 is 28.2 Å². The third kappa shape index (κ3) is 4.25. The summed E-state index contributed by atoms with van der Waals surface area (Å²) in [6.45, 7) is 3.47. The van der Waals surface area contributed by atoms with E-state index in [4.69, 9.17) is 23.4 Å². The van der Waals surface area contributed by atoms with E-state index < -0.39 is 0 Å². The van der Waals surface area contributed by atoms with E-state index in [1.165, 1.54) is 0 Å². The van der Waals surface area contributed by atoms with Gasteiger partial charge in [-0.2, -0.15) is 0 Å². The minimum atomic E-state index is -0.164. The first-order valence-electron chi connectivity index (χ1n) is 10.7. The van der Waals surface area contributed by atoms with Gasteiger partial charge in [-0.25, -0.2) is 0 Å². The van der Waals surface area contributed by atoms with Crippen LogP contribution in [0.3, 0.4) is 0 Å². The molecule has 1 unspecified atom stereocenters. The molecule has 0 bridgehead atoms. The third-order valence-corrected chi connectivity index (χ3v) is 5.87. The zero-order valence-electron chi connectivity index (χ0n) is 19.0. The number of nitrogens with zero attached hydrogens (tertiary/aromatic N) is 1. The van der Waals surface area contributed by atoms with Crippen molar-refractivity contribution in [3.05, 3.63) is 53.3 Å². The standard InChI is InChI=1S/C25H29NO6/c1-16-19-9-5-6-10-20(19)32-23(16)25(27)26(15-18-8-7-11-31-18)14-17-12-21(28-2)24(30-4)22(13-17)29-3/h5-6,9-10,12-13,18H,7-8,11,14-15H2,1-4H3. The first-order chi connectivity index (χ1) is 15.5. The molecule has 7 heteroatoms. The first kappa shape index (κ1) is 22.0. The van der Waals surface area contributed by atoms with Crippen LogP contribution < -0.4 is 14.2 Å². The Labute approximate surface area is 187 Å². The van der Waals surface area contributed by atoms with E-state index in [0.29, 0.717) is 41.7 Å². The molecular weight excluding hydrogens is 410 g/mol. The quantitative estimate of drug-likeness (QED) is 0.511. The van der Waals surface area contributed by atoms with Gasteiger partial charge in [0.15, 0.2) is 17.3 Å². The Morgan fingerprint density at radius 2 is 1.81 bits per heavy atom. The summed E-state index contributed by atoms with van der Waals surface area (Å²) in [5, 5.41) is 0.945. The molecule has 0 spiro atoms. The predicted octanol–water partition coefficient (Wildman–Crippen LogP) is 4.59. The molecule has 1 aromatic heterocycles. The third-order valence-electron chi connectivity index (χ3n) is 5.87. The molecule has 7 nitrogen and oxygen atoms in total. The SMILES string of the molecule is COc1cc(CN(CC2CCCO2)C(=O)c2oc3ccccc3c2C)cc(OC)c1OC. The highest BCUT2D eigenvalue weighted by molar-refractivity contribution is 5.98. The molecule has 4 rings (SSSR count). The summed E-state index contributed by atoms with van der Waals surface area (Å²) in [7, 11) is 4.72. The highest BCUT2D eigenvalue weighted by atomic mass is 16.5. The number of rotatable bonds is 8. The van der Waals surface area contributed by atoms with Gasteiger partial charge in [0.2, 0.25) is 5.75 Å². The van der Waals surface area contributed by atoms with Crippen LogP contribution in [0.4, 0.5) is 0 Å². The van der Waals surface area contributed by atoms with E-state index in [-0.39, 0.29) is 12.0 Å². The van der Waals surface area contributed by atoms with Crippen LogP contribution in [-0.4, -0.2) is 51.4 Å². The van der Waals surface area contributed by atoms with E-state index in [1.54, 1.807) is 26.2 Å². The number of carbonyl (C=O) groups excluding carboxylic acids is 1. The Balaban J connectivity index is 1.69. The normalized spacial score (nSPS) is 15.7. The summed E-state index contributed by atoms with van der Waals surface area (Å²) in [4.78, 5) is 15.4. The van der Waals surface area contributed by atoms with Gasteiger partial charge < -0.3 is 28.3 Å². The highest BCUT2D eigenvalue weighted by Crippen LogP contribution is 2.38. The van der Waals surface area contributed by atoms with Crippen LogP contribution in [0.25, 0.3) is 11.0 Å². The number of benzene rings is 2. The lowest BCUT2D eigenvalue weighted by Gasteiger charge is -2.26. The van der Waals surface area contributed by atoms with Crippen molar-refractivity contribution in [2.45, 2.75) is 32.4 Å². The Hall–Kier alpha value is -3.19. The van der Waals surface area contributed by atoms with Crippen molar-refractivity contribution in [1.82, 2.24) is 4.90 Å². The summed E-state index contributed by atoms with van der Waals surface area (Å²) in [6.07, 6.45) is 1.93. The van der Waals surface area contributed by atoms with Gasteiger partial charge >= 0.3 is 0 Å². The van der Waals surface area contributed by atoms with Crippen LogP contribution in [0.1, 0.15) is 34.5 Å². The molecule has 1 saturated heterocycles. The van der Waals surface area contributed by atoms with Gasteiger partial charge in [-0.05, 0) is 43.5 Å². The maximum Gasteiger partial charge on any atom is 0.290 e. The van der Waals surface area contributed by atoms with E-state index in [1.807, 2.05) is 43.3 Å². The van der Waals surface area contributed by atoms with Crippen molar-refractivity contribution in [3.63, 3.8) is 0 Å². The van der Waals surface area contributed by atoms with Crippen LogP contribution in [-0.2, 0) is 11.3 Å². The van der Waals surface area contributed by atoms with E-state index in [0.717, 1.165) is 36.0 Å². The molecule has 0 saturated carbocycles. The van der Waals surface area contributed by atoms with E-state index in [2.05, 4.69) is 0 Å². The molecule has 170 valence electrons. The number of carbonyl (C=O) groups is 1. The monoisotopic (exact) mass is 439 g/mol. The Morgan fingerprint density at radius 3 is 2.41 bits per heavy atom. The summed E-state index contributed by atoms with van der Waals surface area (Å²) >= 11 is 0. The van der Waals surface area contributed by atoms with Crippen LogP contribution in [0.5, 0.6) is 17.2 Å². The minimum absolute atomic E-state index is 0.00525. The Kier molecular flexibility index (Phi) is 6.55. The lowest BCUT2D eigenvalue weighted by molar-refractivity contribution is 0.0484. The van der Waals surface area contributed by atoms with Gasteiger partial charge in [0.05, 0.1) is 27.4 Å². The number of ether oxygens (including phenoxy) is 4. The molecule has 32 heavy (non-hydrogen) atoms. The largest absolute Gasteiger partial charge is 0.493 e. The van der Waals surface area contributed by atoms with Crippen molar-refractivity contribution in [3.8, 4) is 17.2 Å². The fourth-order valence-electron chi connectivity index (χ4n) is 4.22. The Bertz CT molecular complexity index is 1070. The zero-order chi connectivity index (χ0) is 22.7. The van der Waals surface area contributed by atoms with Crippen LogP contribution in [0.15, 0.2) is 40.8 Å². The van der Waals surface area contributed by atoms with Crippen molar-refractivity contribution in [1.29, 1.82) is 0 Å². The topological polar surface area (TPSA) is 70.4 Å². The summed E-state index contributed by atoms with van der Waals surface area (Å²) in [5.41, 5.74) is 2.41. The van der Waals surface area contributed by atoms with Gasteiger partial charge in [0.25, 0.3) is 5.91 Å². The molecule has 3 aromatic rings. The van der Waals surface area contributed by atoms with Crippen molar-refractivity contribution in [2.75, 3.05) is 34.5 Å². The maximum absolute atomic E-state index is 13.6. The van der Waals surface area contributed by atoms with Crippen LogP contribution >= 0.6 is 0 Å². The first-order valence-corrected chi connectivity index (χ1v) is 10.7. The second-order valence-electron chi connectivity index (χ2n) is 7.91. The molecular formula is C25H29NO6. The maximum atomic E-state index is 13.6. The average Bonchev–Trinajstić information content (AvgIpc) is 3.45. The molecule has 1 fully saturated rings.